The summed E-state index contributed by atoms with van der Waals surface area (Å²) < 4.78 is 12.8. The van der Waals surface area contributed by atoms with E-state index in [2.05, 4.69) is 4.98 Å². The van der Waals surface area contributed by atoms with Crippen molar-refractivity contribution in [3.8, 4) is 11.5 Å². The molecule has 0 aliphatic heterocycles. The van der Waals surface area contributed by atoms with Gasteiger partial charge in [0.25, 0.3) is 0 Å². The van der Waals surface area contributed by atoms with E-state index in [0.29, 0.717) is 23.7 Å². The number of carbonyl (C=O) groups is 1. The number of hydrogen-bond acceptors (Lipinski definition) is 4. The molecule has 0 N–H and O–H groups in total. The van der Waals surface area contributed by atoms with Crippen molar-refractivity contribution in [1.29, 1.82) is 0 Å². The van der Waals surface area contributed by atoms with Gasteiger partial charge in [-0.15, -0.1) is 0 Å². The second kappa shape index (κ2) is 5.56. The average molecular weight is 260 g/mol. The summed E-state index contributed by atoms with van der Waals surface area (Å²) in [5.74, 6) is 1.93. The molecule has 0 atom stereocenters. The third-order valence-electron chi connectivity index (χ3n) is 2.85. The number of aromatic nitrogens is 2. The largest absolute Gasteiger partial charge is 0.493 e. The molecule has 5 heteroatoms. The molecule has 1 aromatic carbocycles. The fourth-order valence-corrected chi connectivity index (χ4v) is 1.69. The van der Waals surface area contributed by atoms with Crippen LogP contribution < -0.4 is 9.47 Å². The Hall–Kier alpha value is -2.30. The van der Waals surface area contributed by atoms with Crippen LogP contribution in [0.5, 0.6) is 11.5 Å². The van der Waals surface area contributed by atoms with Gasteiger partial charge in [0, 0.05) is 25.0 Å². The van der Waals surface area contributed by atoms with Crippen LogP contribution in [0.15, 0.2) is 30.6 Å². The molecule has 0 aliphatic rings. The normalized spacial score (nSPS) is 10.3. The molecule has 2 rings (SSSR count). The zero-order valence-electron chi connectivity index (χ0n) is 11.2. The van der Waals surface area contributed by atoms with Crippen LogP contribution in [0, 0.1) is 0 Å². The summed E-state index contributed by atoms with van der Waals surface area (Å²) in [6, 6.07) is 5.13. The van der Waals surface area contributed by atoms with Gasteiger partial charge in [0.05, 0.1) is 7.11 Å². The van der Waals surface area contributed by atoms with Crippen molar-refractivity contribution in [1.82, 2.24) is 9.55 Å². The van der Waals surface area contributed by atoms with Crippen molar-refractivity contribution in [2.75, 3.05) is 7.11 Å². The first-order valence-corrected chi connectivity index (χ1v) is 5.90. The van der Waals surface area contributed by atoms with Crippen LogP contribution in [0.3, 0.4) is 0 Å². The van der Waals surface area contributed by atoms with E-state index in [0.717, 1.165) is 5.82 Å². The molecule has 0 radical (unpaired) electrons. The molecule has 0 bridgehead atoms. The lowest BCUT2D eigenvalue weighted by atomic mass is 10.1. The smallest absolute Gasteiger partial charge is 0.162 e. The Labute approximate surface area is 111 Å². The standard InChI is InChI=1S/C14H16N2O3/c1-10(17)11-4-5-12(18-3)13(8-11)19-9-14-15-6-7-16(14)2/h4-8H,9H2,1-3H3. The maximum absolute atomic E-state index is 11.4. The van der Waals surface area contributed by atoms with Crippen LogP contribution in [-0.4, -0.2) is 22.4 Å². The fourth-order valence-electron chi connectivity index (χ4n) is 1.69. The van der Waals surface area contributed by atoms with Gasteiger partial charge in [0.2, 0.25) is 0 Å². The van der Waals surface area contributed by atoms with Crippen molar-refractivity contribution in [3.63, 3.8) is 0 Å². The molecule has 1 heterocycles. The summed E-state index contributed by atoms with van der Waals surface area (Å²) in [5, 5.41) is 0. The number of Topliss-reactive ketones (excluding diaryl/α,β-unsaturated/α-hetero) is 1. The minimum Gasteiger partial charge on any atom is -0.493 e. The Kier molecular flexibility index (Phi) is 3.85. The van der Waals surface area contributed by atoms with Crippen molar-refractivity contribution >= 4 is 5.78 Å². The monoisotopic (exact) mass is 260 g/mol. The van der Waals surface area contributed by atoms with Crippen LogP contribution in [-0.2, 0) is 13.7 Å². The Balaban J connectivity index is 2.20. The summed E-state index contributed by atoms with van der Waals surface area (Å²) in [6.07, 6.45) is 3.56. The molecule has 19 heavy (non-hydrogen) atoms. The van der Waals surface area contributed by atoms with Crippen molar-refractivity contribution in [2.45, 2.75) is 13.5 Å². The van der Waals surface area contributed by atoms with E-state index in [4.69, 9.17) is 9.47 Å². The van der Waals surface area contributed by atoms with Crippen molar-refractivity contribution in [2.24, 2.45) is 7.05 Å². The first-order valence-electron chi connectivity index (χ1n) is 5.90. The van der Waals surface area contributed by atoms with Crippen LogP contribution >= 0.6 is 0 Å². The van der Waals surface area contributed by atoms with Gasteiger partial charge < -0.3 is 14.0 Å². The van der Waals surface area contributed by atoms with E-state index >= 15 is 0 Å². The lowest BCUT2D eigenvalue weighted by molar-refractivity contribution is 0.101. The summed E-state index contributed by atoms with van der Waals surface area (Å²) in [4.78, 5) is 15.5. The molecule has 5 nitrogen and oxygen atoms in total. The molecular formula is C14H16N2O3. The molecular weight excluding hydrogens is 244 g/mol. The van der Waals surface area contributed by atoms with Gasteiger partial charge in [-0.25, -0.2) is 4.98 Å². The zero-order chi connectivity index (χ0) is 13.8. The molecule has 0 aliphatic carbocycles. The van der Waals surface area contributed by atoms with E-state index in [1.165, 1.54) is 6.92 Å². The maximum Gasteiger partial charge on any atom is 0.162 e. The molecule has 0 saturated carbocycles. The fraction of sp³-hybridized carbons (Fsp3) is 0.286. The van der Waals surface area contributed by atoms with Gasteiger partial charge in [0.15, 0.2) is 17.3 Å². The van der Waals surface area contributed by atoms with Gasteiger partial charge >= 0.3 is 0 Å². The minimum absolute atomic E-state index is 0.00973. The summed E-state index contributed by atoms with van der Waals surface area (Å²) >= 11 is 0. The van der Waals surface area contributed by atoms with E-state index in [1.54, 1.807) is 31.5 Å². The zero-order valence-corrected chi connectivity index (χ0v) is 11.2. The number of aryl methyl sites for hydroxylation is 1. The van der Waals surface area contributed by atoms with E-state index in [-0.39, 0.29) is 5.78 Å². The molecule has 0 fully saturated rings. The van der Waals surface area contributed by atoms with E-state index < -0.39 is 0 Å². The third-order valence-corrected chi connectivity index (χ3v) is 2.85. The second-order valence-electron chi connectivity index (χ2n) is 4.16. The van der Waals surface area contributed by atoms with Crippen LogP contribution in [0.25, 0.3) is 0 Å². The summed E-state index contributed by atoms with van der Waals surface area (Å²) in [6.45, 7) is 1.84. The highest BCUT2D eigenvalue weighted by Crippen LogP contribution is 2.28. The van der Waals surface area contributed by atoms with Gasteiger partial charge in [-0.3, -0.25) is 4.79 Å². The van der Waals surface area contributed by atoms with E-state index in [1.807, 2.05) is 17.8 Å². The quantitative estimate of drug-likeness (QED) is 0.773. The van der Waals surface area contributed by atoms with Crippen molar-refractivity contribution in [3.05, 3.63) is 42.0 Å². The molecule has 0 spiro atoms. The molecule has 0 saturated heterocycles. The maximum atomic E-state index is 11.4. The molecule has 1 aromatic heterocycles. The Morgan fingerprint density at radius 2 is 2.16 bits per heavy atom. The van der Waals surface area contributed by atoms with Crippen molar-refractivity contribution < 1.29 is 14.3 Å². The average Bonchev–Trinajstić information content (AvgIpc) is 2.81. The predicted molar refractivity (Wildman–Crippen MR) is 70.5 cm³/mol. The first kappa shape index (κ1) is 13.1. The van der Waals surface area contributed by atoms with Crippen LogP contribution in [0.4, 0.5) is 0 Å². The highest BCUT2D eigenvalue weighted by Gasteiger charge is 2.09. The summed E-state index contributed by atoms with van der Waals surface area (Å²) in [7, 11) is 3.46. The molecule has 100 valence electrons. The second-order valence-corrected chi connectivity index (χ2v) is 4.16. The lowest BCUT2D eigenvalue weighted by Crippen LogP contribution is -2.04. The Morgan fingerprint density at radius 3 is 2.74 bits per heavy atom. The summed E-state index contributed by atoms with van der Waals surface area (Å²) in [5.41, 5.74) is 0.593. The van der Waals surface area contributed by atoms with Gasteiger partial charge in [-0.05, 0) is 25.1 Å². The number of ether oxygens (including phenoxy) is 2. The predicted octanol–water partition coefficient (Wildman–Crippen LogP) is 2.21. The molecule has 0 unspecified atom stereocenters. The SMILES string of the molecule is COc1ccc(C(C)=O)cc1OCc1nccn1C. The number of nitrogens with zero attached hydrogens (tertiary/aromatic N) is 2. The minimum atomic E-state index is -0.00973. The number of hydrogen-bond donors (Lipinski definition) is 0. The number of imidazole rings is 1. The number of ketones is 1. The van der Waals surface area contributed by atoms with E-state index in [9.17, 15) is 4.79 Å². The van der Waals surface area contributed by atoms with Gasteiger partial charge in [-0.2, -0.15) is 0 Å². The first-order chi connectivity index (χ1) is 9.11. The lowest BCUT2D eigenvalue weighted by Gasteiger charge is -2.11. The topological polar surface area (TPSA) is 53.4 Å². The van der Waals surface area contributed by atoms with Crippen LogP contribution in [0.2, 0.25) is 0 Å². The van der Waals surface area contributed by atoms with Gasteiger partial charge in [0.1, 0.15) is 12.4 Å². The number of benzene rings is 1. The molecule has 0 amide bonds. The number of methoxy groups -OCH3 is 1. The molecule has 2 aromatic rings. The highest BCUT2D eigenvalue weighted by atomic mass is 16.5. The third kappa shape index (κ3) is 2.93. The number of rotatable bonds is 5. The Bertz CT molecular complexity index is 590. The van der Waals surface area contributed by atoms with Crippen LogP contribution in [0.1, 0.15) is 23.1 Å². The number of carbonyl (C=O) groups excluding carboxylic acids is 1. The van der Waals surface area contributed by atoms with Gasteiger partial charge in [-0.1, -0.05) is 0 Å². The highest BCUT2D eigenvalue weighted by molar-refractivity contribution is 5.94. The Morgan fingerprint density at radius 1 is 1.37 bits per heavy atom.